The van der Waals surface area contributed by atoms with Crippen LogP contribution in [-0.2, 0) is 16.6 Å². The number of aromatic nitrogens is 3. The quantitative estimate of drug-likeness (QED) is 0.912. The zero-order chi connectivity index (χ0) is 14.2. The Hall–Kier alpha value is -1.80. The summed E-state index contributed by atoms with van der Waals surface area (Å²) in [6, 6.07) is 4.21. The van der Waals surface area contributed by atoms with Crippen LogP contribution in [0.1, 0.15) is 12.5 Å². The second-order valence-electron chi connectivity index (χ2n) is 4.05. The highest BCUT2D eigenvalue weighted by Crippen LogP contribution is 2.24. The minimum atomic E-state index is -3.96. The Morgan fingerprint density at radius 3 is 2.63 bits per heavy atom. The summed E-state index contributed by atoms with van der Waals surface area (Å²) in [6.45, 7) is 3.82. The van der Waals surface area contributed by atoms with Crippen LogP contribution >= 0.6 is 0 Å². The minimum absolute atomic E-state index is 0.281. The summed E-state index contributed by atoms with van der Waals surface area (Å²) in [5.41, 5.74) is 1.26. The normalized spacial score (nSPS) is 11.8. The molecule has 0 spiro atoms. The van der Waals surface area contributed by atoms with E-state index in [9.17, 15) is 12.8 Å². The van der Waals surface area contributed by atoms with Crippen LogP contribution in [0.15, 0.2) is 23.4 Å². The van der Waals surface area contributed by atoms with E-state index in [-0.39, 0.29) is 11.0 Å². The van der Waals surface area contributed by atoms with Crippen molar-refractivity contribution in [2.24, 2.45) is 5.14 Å². The second-order valence-corrected chi connectivity index (χ2v) is 5.51. The first kappa shape index (κ1) is 13.6. The number of hydrogen-bond donors (Lipinski definition) is 1. The number of aryl methyl sites for hydroxylation is 1. The van der Waals surface area contributed by atoms with Crippen molar-refractivity contribution in [1.82, 2.24) is 14.8 Å². The van der Waals surface area contributed by atoms with Gasteiger partial charge in [0.2, 0.25) is 0 Å². The number of nitrogens with two attached hydrogens (primary N) is 1. The lowest BCUT2D eigenvalue weighted by Crippen LogP contribution is -2.18. The topological polar surface area (TPSA) is 90.9 Å². The predicted molar refractivity (Wildman–Crippen MR) is 67.2 cm³/mol. The SMILES string of the molecule is CCn1c(-c2cc(F)ccc2C)nnc1S(N)(=O)=O. The van der Waals surface area contributed by atoms with Crippen LogP contribution in [0.3, 0.4) is 0 Å². The summed E-state index contributed by atoms with van der Waals surface area (Å²) >= 11 is 0. The van der Waals surface area contributed by atoms with E-state index in [4.69, 9.17) is 5.14 Å². The molecular weight excluding hydrogens is 271 g/mol. The molecule has 0 aliphatic rings. The fourth-order valence-electron chi connectivity index (χ4n) is 1.82. The summed E-state index contributed by atoms with van der Waals surface area (Å²) in [4.78, 5) is 0. The van der Waals surface area contributed by atoms with Crippen molar-refractivity contribution in [1.29, 1.82) is 0 Å². The molecule has 0 amide bonds. The molecule has 8 heteroatoms. The number of halogens is 1. The molecule has 2 N–H and O–H groups in total. The molecule has 0 atom stereocenters. The van der Waals surface area contributed by atoms with Gasteiger partial charge in [-0.15, -0.1) is 10.2 Å². The van der Waals surface area contributed by atoms with Gasteiger partial charge in [0.05, 0.1) is 0 Å². The van der Waals surface area contributed by atoms with Gasteiger partial charge in [-0.05, 0) is 31.5 Å². The van der Waals surface area contributed by atoms with E-state index in [0.717, 1.165) is 5.56 Å². The zero-order valence-electron chi connectivity index (χ0n) is 10.5. The smallest absolute Gasteiger partial charge is 0.273 e. The molecule has 0 radical (unpaired) electrons. The van der Waals surface area contributed by atoms with Gasteiger partial charge >= 0.3 is 0 Å². The first-order valence-electron chi connectivity index (χ1n) is 5.57. The minimum Gasteiger partial charge on any atom is -0.297 e. The van der Waals surface area contributed by atoms with E-state index in [2.05, 4.69) is 10.2 Å². The van der Waals surface area contributed by atoms with E-state index >= 15 is 0 Å². The van der Waals surface area contributed by atoms with Crippen molar-refractivity contribution >= 4 is 10.0 Å². The third-order valence-electron chi connectivity index (χ3n) is 2.73. The molecule has 6 nitrogen and oxygen atoms in total. The summed E-state index contributed by atoms with van der Waals surface area (Å²) in [5.74, 6) is -0.146. The third kappa shape index (κ3) is 2.49. The highest BCUT2D eigenvalue weighted by molar-refractivity contribution is 7.89. The van der Waals surface area contributed by atoms with Crippen molar-refractivity contribution in [2.75, 3.05) is 0 Å². The first-order chi connectivity index (χ1) is 8.84. The van der Waals surface area contributed by atoms with Gasteiger partial charge in [0.25, 0.3) is 15.2 Å². The molecule has 1 heterocycles. The van der Waals surface area contributed by atoms with Gasteiger partial charge in [-0.2, -0.15) is 0 Å². The van der Waals surface area contributed by atoms with E-state index < -0.39 is 15.8 Å². The van der Waals surface area contributed by atoms with Crippen molar-refractivity contribution in [3.63, 3.8) is 0 Å². The lowest BCUT2D eigenvalue weighted by Gasteiger charge is -2.08. The summed E-state index contributed by atoms with van der Waals surface area (Å²) in [5, 5.41) is 12.1. The van der Waals surface area contributed by atoms with Crippen LogP contribution in [-0.4, -0.2) is 23.2 Å². The van der Waals surface area contributed by atoms with Crippen molar-refractivity contribution < 1.29 is 12.8 Å². The fourth-order valence-corrected chi connectivity index (χ4v) is 2.50. The Labute approximate surface area is 110 Å². The molecule has 2 rings (SSSR count). The van der Waals surface area contributed by atoms with Crippen LogP contribution in [0.4, 0.5) is 4.39 Å². The molecule has 0 aliphatic carbocycles. The zero-order valence-corrected chi connectivity index (χ0v) is 11.3. The Morgan fingerprint density at radius 2 is 2.05 bits per heavy atom. The first-order valence-corrected chi connectivity index (χ1v) is 7.11. The van der Waals surface area contributed by atoms with Gasteiger partial charge < -0.3 is 0 Å². The van der Waals surface area contributed by atoms with E-state index in [1.807, 2.05) is 0 Å². The maximum Gasteiger partial charge on any atom is 0.273 e. The Morgan fingerprint density at radius 1 is 1.37 bits per heavy atom. The number of sulfonamides is 1. The summed E-state index contributed by atoms with van der Waals surface area (Å²) < 4.78 is 37.4. The number of benzene rings is 1. The predicted octanol–water partition coefficient (Wildman–Crippen LogP) is 1.06. The highest BCUT2D eigenvalue weighted by Gasteiger charge is 2.21. The third-order valence-corrected chi connectivity index (χ3v) is 3.54. The molecule has 0 fully saturated rings. The summed E-state index contributed by atoms with van der Waals surface area (Å²) in [6.07, 6.45) is 0. The Balaban J connectivity index is 2.70. The van der Waals surface area contributed by atoms with Crippen LogP contribution in [0.2, 0.25) is 0 Å². The Bertz CT molecular complexity index is 724. The average molecular weight is 284 g/mol. The highest BCUT2D eigenvalue weighted by atomic mass is 32.2. The largest absolute Gasteiger partial charge is 0.297 e. The molecule has 0 aliphatic heterocycles. The summed E-state index contributed by atoms with van der Waals surface area (Å²) in [7, 11) is -3.96. The fraction of sp³-hybridized carbons (Fsp3) is 0.273. The van der Waals surface area contributed by atoms with Crippen molar-refractivity contribution in [3.05, 3.63) is 29.6 Å². The number of primary sulfonamides is 1. The Kier molecular flexibility index (Phi) is 3.38. The van der Waals surface area contributed by atoms with E-state index in [1.54, 1.807) is 19.9 Å². The molecule has 0 saturated carbocycles. The van der Waals surface area contributed by atoms with Gasteiger partial charge in [0.15, 0.2) is 5.82 Å². The molecule has 0 saturated heterocycles. The van der Waals surface area contributed by atoms with Crippen molar-refractivity contribution in [3.8, 4) is 11.4 Å². The lowest BCUT2D eigenvalue weighted by atomic mass is 10.1. The number of rotatable bonds is 3. The van der Waals surface area contributed by atoms with Gasteiger partial charge in [-0.25, -0.2) is 17.9 Å². The van der Waals surface area contributed by atoms with Gasteiger partial charge in [-0.3, -0.25) is 4.57 Å². The van der Waals surface area contributed by atoms with Gasteiger partial charge in [0.1, 0.15) is 5.82 Å². The molecule has 1 aromatic heterocycles. The molecule has 0 unspecified atom stereocenters. The van der Waals surface area contributed by atoms with E-state index in [1.165, 1.54) is 16.7 Å². The maximum atomic E-state index is 13.3. The number of nitrogens with zero attached hydrogens (tertiary/aromatic N) is 3. The molecule has 0 bridgehead atoms. The second kappa shape index (κ2) is 4.71. The van der Waals surface area contributed by atoms with Crippen LogP contribution in [0.5, 0.6) is 0 Å². The van der Waals surface area contributed by atoms with Gasteiger partial charge in [-0.1, -0.05) is 6.07 Å². The lowest BCUT2D eigenvalue weighted by molar-refractivity contribution is 0.570. The molecule has 19 heavy (non-hydrogen) atoms. The standard InChI is InChI=1S/C11H13FN4O2S/c1-3-16-10(14-15-11(16)19(13,17)18)9-6-8(12)5-4-7(9)2/h4-6H,3H2,1-2H3,(H2,13,17,18). The molecule has 102 valence electrons. The van der Waals surface area contributed by atoms with E-state index in [0.29, 0.717) is 12.1 Å². The molecule has 1 aromatic carbocycles. The molecular formula is C11H13FN4O2S. The maximum absolute atomic E-state index is 13.3. The van der Waals surface area contributed by atoms with Crippen LogP contribution in [0, 0.1) is 12.7 Å². The van der Waals surface area contributed by atoms with Crippen LogP contribution < -0.4 is 5.14 Å². The average Bonchev–Trinajstić information content (AvgIpc) is 2.75. The molecule has 2 aromatic rings. The van der Waals surface area contributed by atoms with Crippen LogP contribution in [0.25, 0.3) is 11.4 Å². The van der Waals surface area contributed by atoms with Crippen molar-refractivity contribution in [2.45, 2.75) is 25.5 Å². The van der Waals surface area contributed by atoms with Gasteiger partial charge in [0, 0.05) is 12.1 Å². The monoisotopic (exact) mass is 284 g/mol. The number of hydrogen-bond acceptors (Lipinski definition) is 4.